The smallest absolute Gasteiger partial charge is 0.274 e. The minimum atomic E-state index is -0.0298. The van der Waals surface area contributed by atoms with Gasteiger partial charge in [-0.15, -0.1) is 0 Å². The summed E-state index contributed by atoms with van der Waals surface area (Å²) in [5, 5.41) is 0. The molecule has 1 aromatic carbocycles. The first-order valence-corrected chi connectivity index (χ1v) is 11.1. The zero-order valence-electron chi connectivity index (χ0n) is 19.0. The molecule has 0 saturated carbocycles. The number of pyridine rings is 1. The number of amides is 1. The summed E-state index contributed by atoms with van der Waals surface area (Å²) in [7, 11) is 4.05. The van der Waals surface area contributed by atoms with Gasteiger partial charge in [0.05, 0.1) is 5.69 Å². The first kappa shape index (κ1) is 21.5. The molecule has 1 saturated heterocycles. The van der Waals surface area contributed by atoms with Crippen molar-refractivity contribution in [3.05, 3.63) is 71.7 Å². The molecule has 1 amide bonds. The first-order chi connectivity index (χ1) is 14.9. The van der Waals surface area contributed by atoms with Crippen LogP contribution in [-0.2, 0) is 13.1 Å². The van der Waals surface area contributed by atoms with E-state index >= 15 is 0 Å². The van der Waals surface area contributed by atoms with Crippen molar-refractivity contribution in [3.8, 4) is 0 Å². The van der Waals surface area contributed by atoms with Gasteiger partial charge in [0.1, 0.15) is 5.65 Å². The Morgan fingerprint density at radius 1 is 1.13 bits per heavy atom. The number of benzene rings is 1. The normalized spacial score (nSPS) is 18.0. The summed E-state index contributed by atoms with van der Waals surface area (Å²) < 4.78 is 2.08. The van der Waals surface area contributed by atoms with Crippen LogP contribution in [0, 0.1) is 5.92 Å². The van der Waals surface area contributed by atoms with Gasteiger partial charge >= 0.3 is 0 Å². The zero-order chi connectivity index (χ0) is 22.0. The maximum absolute atomic E-state index is 13.5. The molecular weight excluding hydrogens is 386 g/mol. The second-order valence-corrected chi connectivity index (χ2v) is 9.03. The van der Waals surface area contributed by atoms with Crippen molar-refractivity contribution in [2.45, 2.75) is 33.0 Å². The molecule has 1 aliphatic heterocycles. The van der Waals surface area contributed by atoms with Crippen molar-refractivity contribution < 1.29 is 4.79 Å². The Morgan fingerprint density at radius 3 is 2.61 bits per heavy atom. The van der Waals surface area contributed by atoms with Gasteiger partial charge in [0.2, 0.25) is 0 Å². The molecule has 6 nitrogen and oxygen atoms in total. The van der Waals surface area contributed by atoms with Crippen LogP contribution in [0.3, 0.4) is 0 Å². The van der Waals surface area contributed by atoms with E-state index in [4.69, 9.17) is 4.98 Å². The van der Waals surface area contributed by atoms with E-state index in [0.29, 0.717) is 24.2 Å². The molecule has 3 aromatic rings. The summed E-state index contributed by atoms with van der Waals surface area (Å²) in [5.41, 5.74) is 3.48. The molecular formula is C25H33N5O. The van der Waals surface area contributed by atoms with Gasteiger partial charge in [-0.2, -0.15) is 0 Å². The van der Waals surface area contributed by atoms with Gasteiger partial charge in [0, 0.05) is 52.0 Å². The monoisotopic (exact) mass is 419 g/mol. The minimum Gasteiger partial charge on any atom is -0.336 e. The van der Waals surface area contributed by atoms with Crippen molar-refractivity contribution in [1.82, 2.24) is 24.1 Å². The molecule has 3 heterocycles. The van der Waals surface area contributed by atoms with Crippen LogP contribution in [-0.4, -0.2) is 69.8 Å². The highest BCUT2D eigenvalue weighted by Crippen LogP contribution is 2.23. The number of carbonyl (C=O) groups is 1. The highest BCUT2D eigenvalue weighted by atomic mass is 16.2. The fourth-order valence-corrected chi connectivity index (χ4v) is 4.49. The minimum absolute atomic E-state index is 0.0298. The van der Waals surface area contributed by atoms with Crippen LogP contribution in [0.25, 0.3) is 5.65 Å². The summed E-state index contributed by atoms with van der Waals surface area (Å²) in [6, 6.07) is 16.5. The van der Waals surface area contributed by atoms with Crippen LogP contribution >= 0.6 is 0 Å². The van der Waals surface area contributed by atoms with E-state index in [0.717, 1.165) is 43.1 Å². The standard InChI is InChI=1S/C25H33N5O/c1-19(2)21-17-27(3)14-15-29(21)18-22-24(26-23-12-8-9-13-30(22)23)25(31)28(4)16-20-10-6-5-7-11-20/h5-13,19,21H,14-18H2,1-4H3/t21-/m1/s1. The molecule has 1 atom stereocenters. The summed E-state index contributed by atoms with van der Waals surface area (Å²) in [6.07, 6.45) is 2.02. The van der Waals surface area contributed by atoms with Crippen molar-refractivity contribution in [3.63, 3.8) is 0 Å². The number of hydrogen-bond donors (Lipinski definition) is 0. The molecule has 0 unspecified atom stereocenters. The maximum Gasteiger partial charge on any atom is 0.274 e. The molecule has 0 aliphatic carbocycles. The van der Waals surface area contributed by atoms with Crippen LogP contribution < -0.4 is 0 Å². The number of imidazole rings is 1. The predicted molar refractivity (Wildman–Crippen MR) is 124 cm³/mol. The number of fused-ring (bicyclic) bond motifs is 1. The molecule has 6 heteroatoms. The second kappa shape index (κ2) is 9.20. The summed E-state index contributed by atoms with van der Waals surface area (Å²) >= 11 is 0. The SMILES string of the molecule is CC(C)[C@H]1CN(C)CCN1Cc1c(C(=O)N(C)Cc2ccccc2)nc2ccccn12. The van der Waals surface area contributed by atoms with Gasteiger partial charge in [-0.05, 0) is 30.7 Å². The fraction of sp³-hybridized carbons (Fsp3) is 0.440. The van der Waals surface area contributed by atoms with Crippen LogP contribution in [0.2, 0.25) is 0 Å². The van der Waals surface area contributed by atoms with E-state index < -0.39 is 0 Å². The lowest BCUT2D eigenvalue weighted by Gasteiger charge is -2.42. The molecule has 0 bridgehead atoms. The number of rotatable bonds is 6. The zero-order valence-corrected chi connectivity index (χ0v) is 19.0. The lowest BCUT2D eigenvalue weighted by atomic mass is 9.99. The quantitative estimate of drug-likeness (QED) is 0.614. The average Bonchev–Trinajstić information content (AvgIpc) is 3.13. The van der Waals surface area contributed by atoms with E-state index in [2.05, 4.69) is 35.1 Å². The number of carbonyl (C=O) groups excluding carboxylic acids is 1. The third-order valence-corrected chi connectivity index (χ3v) is 6.30. The number of aromatic nitrogens is 2. The third-order valence-electron chi connectivity index (χ3n) is 6.30. The number of piperazine rings is 1. The summed E-state index contributed by atoms with van der Waals surface area (Å²) in [5.74, 6) is 0.514. The topological polar surface area (TPSA) is 44.1 Å². The van der Waals surface area contributed by atoms with E-state index in [-0.39, 0.29) is 5.91 Å². The van der Waals surface area contributed by atoms with E-state index in [1.165, 1.54) is 0 Å². The highest BCUT2D eigenvalue weighted by molar-refractivity contribution is 5.94. The lowest BCUT2D eigenvalue weighted by molar-refractivity contribution is 0.0551. The third kappa shape index (κ3) is 4.65. The molecule has 31 heavy (non-hydrogen) atoms. The first-order valence-electron chi connectivity index (χ1n) is 11.1. The Balaban J connectivity index is 1.65. The van der Waals surface area contributed by atoms with Crippen molar-refractivity contribution in [2.75, 3.05) is 33.7 Å². The Bertz CT molecular complexity index is 1030. The molecule has 1 aliphatic rings. The van der Waals surface area contributed by atoms with Gasteiger partial charge in [0.25, 0.3) is 5.91 Å². The van der Waals surface area contributed by atoms with Crippen LogP contribution in [0.4, 0.5) is 0 Å². The molecule has 2 aromatic heterocycles. The number of hydrogen-bond acceptors (Lipinski definition) is 4. The summed E-state index contributed by atoms with van der Waals surface area (Å²) in [4.78, 5) is 24.9. The van der Waals surface area contributed by atoms with E-state index in [9.17, 15) is 4.79 Å². The molecule has 0 N–H and O–H groups in total. The fourth-order valence-electron chi connectivity index (χ4n) is 4.49. The molecule has 4 rings (SSSR count). The van der Waals surface area contributed by atoms with Gasteiger partial charge < -0.3 is 14.2 Å². The van der Waals surface area contributed by atoms with Crippen molar-refractivity contribution >= 4 is 11.6 Å². The van der Waals surface area contributed by atoms with Crippen LogP contribution in [0.15, 0.2) is 54.7 Å². The highest BCUT2D eigenvalue weighted by Gasteiger charge is 2.30. The molecule has 164 valence electrons. The van der Waals surface area contributed by atoms with Gasteiger partial charge in [-0.25, -0.2) is 4.98 Å². The van der Waals surface area contributed by atoms with E-state index in [1.54, 1.807) is 4.90 Å². The van der Waals surface area contributed by atoms with Crippen molar-refractivity contribution in [2.24, 2.45) is 5.92 Å². The Labute approximate surface area is 185 Å². The van der Waals surface area contributed by atoms with Crippen molar-refractivity contribution in [1.29, 1.82) is 0 Å². The number of nitrogens with zero attached hydrogens (tertiary/aromatic N) is 5. The number of likely N-dealkylation sites (N-methyl/N-ethyl adjacent to an activating group) is 1. The van der Waals surface area contributed by atoms with E-state index in [1.807, 2.05) is 61.8 Å². The predicted octanol–water partition coefficient (Wildman–Crippen LogP) is 3.38. The van der Waals surface area contributed by atoms with Gasteiger partial charge in [-0.3, -0.25) is 9.69 Å². The Morgan fingerprint density at radius 2 is 1.87 bits per heavy atom. The van der Waals surface area contributed by atoms with Crippen LogP contribution in [0.5, 0.6) is 0 Å². The van der Waals surface area contributed by atoms with Crippen LogP contribution in [0.1, 0.15) is 35.6 Å². The average molecular weight is 420 g/mol. The lowest BCUT2D eigenvalue weighted by Crippen LogP contribution is -2.53. The van der Waals surface area contributed by atoms with Gasteiger partial charge in [-0.1, -0.05) is 50.2 Å². The molecule has 0 radical (unpaired) electrons. The molecule has 0 spiro atoms. The van der Waals surface area contributed by atoms with Gasteiger partial charge in [0.15, 0.2) is 5.69 Å². The Hall–Kier alpha value is -2.70. The Kier molecular flexibility index (Phi) is 6.39. The second-order valence-electron chi connectivity index (χ2n) is 9.03. The summed E-state index contributed by atoms with van der Waals surface area (Å²) in [6.45, 7) is 8.93. The maximum atomic E-state index is 13.5. The molecule has 1 fully saturated rings. The largest absolute Gasteiger partial charge is 0.336 e.